The molecule has 2 aromatic heterocycles. The summed E-state index contributed by atoms with van der Waals surface area (Å²) in [6.07, 6.45) is 0.549. The Morgan fingerprint density at radius 2 is 1.77 bits per heavy atom. The molecule has 140 valence electrons. The van der Waals surface area contributed by atoms with E-state index in [1.54, 1.807) is 0 Å². The lowest BCUT2D eigenvalue weighted by Crippen LogP contribution is -2.28. The second kappa shape index (κ2) is 6.78. The third-order valence-corrected chi connectivity index (χ3v) is 4.01. The van der Waals surface area contributed by atoms with Crippen molar-refractivity contribution < 1.29 is 40.1 Å². The van der Waals surface area contributed by atoms with E-state index in [1.807, 2.05) is 0 Å². The number of nitrogens with zero attached hydrogens (tertiary/aromatic N) is 1. The Hall–Kier alpha value is -2.89. The molecule has 0 radical (unpaired) electrons. The number of rotatable bonds is 4. The second-order valence-electron chi connectivity index (χ2n) is 4.81. The molecule has 0 aliphatic heterocycles. The van der Waals surface area contributed by atoms with Gasteiger partial charge in [-0.05, 0) is 24.3 Å². The molecular formula is C14H10F3NO7S. The highest BCUT2D eigenvalue weighted by Gasteiger charge is 2.48. The number of hydrogen-bond acceptors (Lipinski definition) is 7. The third kappa shape index (κ3) is 3.85. The molecule has 2 aromatic rings. The molecule has 8 nitrogen and oxygen atoms in total. The first-order valence-corrected chi connectivity index (χ1v) is 8.28. The molecule has 0 aliphatic rings. The molecule has 0 saturated heterocycles. The Bertz CT molecular complexity index is 1040. The van der Waals surface area contributed by atoms with Gasteiger partial charge in [0.05, 0.1) is 6.20 Å². The summed E-state index contributed by atoms with van der Waals surface area (Å²) in [6.45, 7) is 1.42. The van der Waals surface area contributed by atoms with E-state index in [4.69, 9.17) is 0 Å². The number of esters is 2. The monoisotopic (exact) mass is 393 g/mol. The fourth-order valence-electron chi connectivity index (χ4n) is 1.78. The molecule has 0 atom stereocenters. The van der Waals surface area contributed by atoms with Crippen LogP contribution in [-0.4, -0.2) is 30.3 Å². The largest absolute Gasteiger partial charge is 0.534 e. The topological polar surface area (TPSA) is 108 Å². The van der Waals surface area contributed by atoms with Gasteiger partial charge in [0.15, 0.2) is 5.75 Å². The normalized spacial score (nSPS) is 12.0. The van der Waals surface area contributed by atoms with Gasteiger partial charge in [-0.1, -0.05) is 6.92 Å². The summed E-state index contributed by atoms with van der Waals surface area (Å²) in [4.78, 5) is 35.2. The van der Waals surface area contributed by atoms with Gasteiger partial charge < -0.3 is 8.92 Å². The molecule has 0 bridgehead atoms. The average Bonchev–Trinajstić information content (AvgIpc) is 2.54. The summed E-state index contributed by atoms with van der Waals surface area (Å²) in [5.41, 5.74) is -7.13. The van der Waals surface area contributed by atoms with Gasteiger partial charge in [-0.3, -0.25) is 14.0 Å². The van der Waals surface area contributed by atoms with E-state index in [9.17, 15) is 36.0 Å². The van der Waals surface area contributed by atoms with Crippen molar-refractivity contribution in [3.8, 4) is 5.75 Å². The van der Waals surface area contributed by atoms with Crippen molar-refractivity contribution in [2.75, 3.05) is 0 Å². The zero-order valence-corrected chi connectivity index (χ0v) is 13.8. The van der Waals surface area contributed by atoms with Crippen LogP contribution in [0.3, 0.4) is 0 Å². The van der Waals surface area contributed by atoms with Gasteiger partial charge in [-0.15, -0.1) is 0 Å². The van der Waals surface area contributed by atoms with E-state index in [0.29, 0.717) is 10.6 Å². The van der Waals surface area contributed by atoms with Crippen molar-refractivity contribution in [1.82, 2.24) is 4.40 Å². The highest BCUT2D eigenvalue weighted by molar-refractivity contribution is 7.88. The minimum Gasteiger partial charge on any atom is -0.389 e. The summed E-state index contributed by atoms with van der Waals surface area (Å²) in [6, 6.07) is 4.32. The lowest BCUT2D eigenvalue weighted by Gasteiger charge is -2.10. The van der Waals surface area contributed by atoms with E-state index < -0.39 is 44.4 Å². The van der Waals surface area contributed by atoms with Gasteiger partial charge in [-0.2, -0.15) is 21.6 Å². The number of ether oxygens (including phenoxy) is 1. The number of fused-ring (bicyclic) bond motifs is 1. The minimum absolute atomic E-state index is 0.117. The SMILES string of the molecule is CCC(=O)OC(=O)c1ccc2ccc(OS(=O)(=O)C(F)(F)F)cn2c1=O. The molecule has 0 unspecified atom stereocenters. The smallest absolute Gasteiger partial charge is 0.389 e. The molecule has 0 amide bonds. The molecule has 0 aromatic carbocycles. The van der Waals surface area contributed by atoms with Crippen LogP contribution in [0.25, 0.3) is 5.52 Å². The fraction of sp³-hybridized carbons (Fsp3) is 0.214. The van der Waals surface area contributed by atoms with Crippen molar-refractivity contribution in [2.45, 2.75) is 18.9 Å². The molecular weight excluding hydrogens is 383 g/mol. The predicted octanol–water partition coefficient (Wildman–Crippen LogP) is 1.62. The number of alkyl halides is 3. The summed E-state index contributed by atoms with van der Waals surface area (Å²) in [5, 5.41) is 0. The van der Waals surface area contributed by atoms with E-state index in [1.165, 1.54) is 13.0 Å². The first-order chi connectivity index (χ1) is 12.0. The Morgan fingerprint density at radius 1 is 1.15 bits per heavy atom. The quantitative estimate of drug-likeness (QED) is 0.336. The molecule has 2 rings (SSSR count). The highest BCUT2D eigenvalue weighted by Crippen LogP contribution is 2.26. The number of hydrogen-bond donors (Lipinski definition) is 0. The van der Waals surface area contributed by atoms with Gasteiger partial charge in [0.25, 0.3) is 5.56 Å². The Labute approximate surface area is 143 Å². The van der Waals surface area contributed by atoms with Gasteiger partial charge in [0.1, 0.15) is 5.56 Å². The van der Waals surface area contributed by atoms with Crippen molar-refractivity contribution in [1.29, 1.82) is 0 Å². The molecule has 0 spiro atoms. The minimum atomic E-state index is -5.93. The standard InChI is InChI=1S/C14H10F3NO7S/c1-2-11(19)24-13(21)10-6-4-8-3-5-9(7-18(8)12(10)20)25-26(22,23)14(15,16)17/h3-7H,2H2,1H3. The molecule has 0 fully saturated rings. The molecule has 12 heteroatoms. The van der Waals surface area contributed by atoms with Crippen LogP contribution in [0.4, 0.5) is 13.2 Å². The van der Waals surface area contributed by atoms with Crippen molar-refractivity contribution in [3.63, 3.8) is 0 Å². The van der Waals surface area contributed by atoms with E-state index in [2.05, 4.69) is 8.92 Å². The molecule has 0 aliphatic carbocycles. The zero-order chi connectivity index (χ0) is 19.7. The maximum Gasteiger partial charge on any atom is 0.534 e. The van der Waals surface area contributed by atoms with Crippen LogP contribution in [0.5, 0.6) is 5.75 Å². The van der Waals surface area contributed by atoms with Crippen LogP contribution in [0.2, 0.25) is 0 Å². The summed E-state index contributed by atoms with van der Waals surface area (Å²) in [7, 11) is -5.93. The van der Waals surface area contributed by atoms with Gasteiger partial charge >= 0.3 is 27.6 Å². The number of aromatic nitrogens is 1. The first kappa shape index (κ1) is 19.4. The lowest BCUT2D eigenvalue weighted by atomic mass is 10.2. The van der Waals surface area contributed by atoms with Gasteiger partial charge in [0.2, 0.25) is 0 Å². The average molecular weight is 393 g/mol. The Balaban J connectivity index is 2.48. The van der Waals surface area contributed by atoms with Gasteiger partial charge in [0, 0.05) is 11.9 Å². The Kier molecular flexibility index (Phi) is 5.07. The fourth-order valence-corrected chi connectivity index (χ4v) is 2.23. The highest BCUT2D eigenvalue weighted by atomic mass is 32.2. The molecule has 2 heterocycles. The van der Waals surface area contributed by atoms with E-state index in [-0.39, 0.29) is 11.9 Å². The van der Waals surface area contributed by atoms with Crippen LogP contribution in [-0.2, 0) is 19.6 Å². The number of pyridine rings is 2. The zero-order valence-electron chi connectivity index (χ0n) is 12.9. The van der Waals surface area contributed by atoms with Crippen LogP contribution in [0.15, 0.2) is 35.3 Å². The lowest BCUT2D eigenvalue weighted by molar-refractivity contribution is -0.137. The molecule has 0 saturated carbocycles. The number of halogens is 3. The summed E-state index contributed by atoms with van der Waals surface area (Å²) >= 11 is 0. The maximum atomic E-state index is 12.4. The third-order valence-electron chi connectivity index (χ3n) is 3.03. The van der Waals surface area contributed by atoms with E-state index in [0.717, 1.165) is 18.2 Å². The summed E-state index contributed by atoms with van der Waals surface area (Å²) in [5.74, 6) is -2.93. The second-order valence-corrected chi connectivity index (χ2v) is 6.35. The van der Waals surface area contributed by atoms with Crippen LogP contribution in [0, 0.1) is 0 Å². The number of carbonyl (C=O) groups excluding carboxylic acids is 2. The predicted molar refractivity (Wildman–Crippen MR) is 80.0 cm³/mol. The Morgan fingerprint density at radius 3 is 2.35 bits per heavy atom. The first-order valence-electron chi connectivity index (χ1n) is 6.87. The van der Waals surface area contributed by atoms with E-state index >= 15 is 0 Å². The molecule has 0 N–H and O–H groups in total. The maximum absolute atomic E-state index is 12.4. The van der Waals surface area contributed by atoms with Gasteiger partial charge in [-0.25, -0.2) is 4.79 Å². The van der Waals surface area contributed by atoms with Crippen LogP contribution >= 0.6 is 0 Å². The van der Waals surface area contributed by atoms with Crippen LogP contribution in [0.1, 0.15) is 23.7 Å². The van der Waals surface area contributed by atoms with Crippen molar-refractivity contribution in [3.05, 3.63) is 46.4 Å². The van der Waals surface area contributed by atoms with Crippen molar-refractivity contribution in [2.24, 2.45) is 0 Å². The summed E-state index contributed by atoms with van der Waals surface area (Å²) < 4.78 is 68.2. The molecule has 26 heavy (non-hydrogen) atoms. The van der Waals surface area contributed by atoms with Crippen LogP contribution < -0.4 is 9.74 Å². The number of carbonyl (C=O) groups is 2. The van der Waals surface area contributed by atoms with Crippen molar-refractivity contribution >= 4 is 27.6 Å².